The van der Waals surface area contributed by atoms with E-state index in [0.717, 1.165) is 65.6 Å². The maximum atomic E-state index is 12.3. The van der Waals surface area contributed by atoms with Crippen molar-refractivity contribution in [3.63, 3.8) is 0 Å². The number of nitrogens with two attached hydrogens (primary N) is 1. The Morgan fingerprint density at radius 3 is 2.57 bits per heavy atom. The van der Waals surface area contributed by atoms with E-state index in [0.29, 0.717) is 16.7 Å². The molecule has 1 saturated heterocycles. The number of hydrogen-bond acceptors (Lipinski definition) is 7. The number of nitrogens with zero attached hydrogens (tertiary/aromatic N) is 5. The molecule has 1 aliphatic rings. The highest BCUT2D eigenvalue weighted by Crippen LogP contribution is 2.36. The number of thiophene rings is 1. The van der Waals surface area contributed by atoms with Gasteiger partial charge in [-0.15, -0.1) is 11.3 Å². The van der Waals surface area contributed by atoms with E-state index in [1.54, 1.807) is 6.33 Å². The molecule has 9 heteroatoms. The van der Waals surface area contributed by atoms with Crippen LogP contribution in [0, 0.1) is 6.92 Å². The average molecular weight is 519 g/mol. The number of hydrogen-bond donors (Lipinski definition) is 1. The van der Waals surface area contributed by atoms with Crippen molar-refractivity contribution in [2.75, 3.05) is 26.2 Å². The number of amides is 1. The van der Waals surface area contributed by atoms with Crippen LogP contribution >= 0.6 is 11.3 Å². The van der Waals surface area contributed by atoms with Crippen LogP contribution in [0.15, 0.2) is 48.9 Å². The third kappa shape index (κ3) is 5.39. The van der Waals surface area contributed by atoms with E-state index in [4.69, 9.17) is 10.5 Å². The third-order valence-electron chi connectivity index (χ3n) is 7.09. The highest BCUT2D eigenvalue weighted by molar-refractivity contribution is 7.16. The van der Waals surface area contributed by atoms with Gasteiger partial charge < -0.3 is 10.5 Å². The predicted octanol–water partition coefficient (Wildman–Crippen LogP) is 4.56. The first-order valence-corrected chi connectivity index (χ1v) is 13.6. The topological polar surface area (TPSA) is 89.5 Å². The van der Waals surface area contributed by atoms with Gasteiger partial charge in [0.2, 0.25) is 0 Å². The second-order valence-electron chi connectivity index (χ2n) is 9.94. The second kappa shape index (κ2) is 10.6. The van der Waals surface area contributed by atoms with Gasteiger partial charge in [0.15, 0.2) is 0 Å². The molecule has 1 aromatic carbocycles. The zero-order valence-electron chi connectivity index (χ0n) is 21.8. The summed E-state index contributed by atoms with van der Waals surface area (Å²) in [6.07, 6.45) is 3.36. The Hall–Kier alpha value is -3.27. The van der Waals surface area contributed by atoms with Gasteiger partial charge >= 0.3 is 0 Å². The van der Waals surface area contributed by atoms with Crippen molar-refractivity contribution in [2.24, 2.45) is 5.73 Å². The molecular formula is C28H34N6O2S. The third-order valence-corrected chi connectivity index (χ3v) is 8.22. The Morgan fingerprint density at radius 2 is 1.86 bits per heavy atom. The summed E-state index contributed by atoms with van der Waals surface area (Å²) in [5, 5.41) is 0.825. The number of carbonyl (C=O) groups excluding carboxylic acids is 1. The fourth-order valence-electron chi connectivity index (χ4n) is 4.92. The molecule has 4 heterocycles. The predicted molar refractivity (Wildman–Crippen MR) is 147 cm³/mol. The van der Waals surface area contributed by atoms with Gasteiger partial charge in [0.05, 0.1) is 17.4 Å². The maximum absolute atomic E-state index is 12.3. The molecular weight excluding hydrogens is 484 g/mol. The van der Waals surface area contributed by atoms with Crippen LogP contribution < -0.4 is 10.5 Å². The molecule has 1 amide bonds. The minimum absolute atomic E-state index is 0.228. The second-order valence-corrected chi connectivity index (χ2v) is 11.0. The van der Waals surface area contributed by atoms with Gasteiger partial charge in [0.25, 0.3) is 5.91 Å². The molecule has 0 spiro atoms. The van der Waals surface area contributed by atoms with E-state index >= 15 is 0 Å². The standard InChI is InChI=1S/C28H34N6O2S/c1-18(2)33-11-9-32(10-12-33)16-21-13-24-23(15-30-21)31-17-34(24)26-14-25(27(37-26)28(29)35)36-20(4)22-8-6-5-7-19(22)3/h5-8,13-15,17-18,20H,9-12,16H2,1-4H3,(H2,29,35). The number of piperazine rings is 1. The summed E-state index contributed by atoms with van der Waals surface area (Å²) >= 11 is 1.31. The Kier molecular flexibility index (Phi) is 7.28. The van der Waals surface area contributed by atoms with Crippen LogP contribution in [0.3, 0.4) is 0 Å². The normalized spacial score (nSPS) is 15.9. The van der Waals surface area contributed by atoms with Gasteiger partial charge in [0, 0.05) is 44.8 Å². The summed E-state index contributed by atoms with van der Waals surface area (Å²) in [7, 11) is 0. The van der Waals surface area contributed by atoms with Gasteiger partial charge in [-0.1, -0.05) is 24.3 Å². The minimum Gasteiger partial charge on any atom is -0.484 e. The number of pyridine rings is 1. The number of rotatable bonds is 8. The lowest BCUT2D eigenvalue weighted by atomic mass is 10.0. The molecule has 2 N–H and O–H groups in total. The van der Waals surface area contributed by atoms with Crippen molar-refractivity contribution in [1.29, 1.82) is 0 Å². The van der Waals surface area contributed by atoms with Crippen LogP contribution in [-0.4, -0.2) is 62.5 Å². The SMILES string of the molecule is Cc1ccccc1C(C)Oc1cc(-n2cnc3cnc(CN4CCN(C(C)C)CC4)cc32)sc1C(N)=O. The lowest BCUT2D eigenvalue weighted by molar-refractivity contribution is 0.0998. The van der Waals surface area contributed by atoms with Crippen LogP contribution in [0.5, 0.6) is 5.75 Å². The van der Waals surface area contributed by atoms with Crippen molar-refractivity contribution in [1.82, 2.24) is 24.3 Å². The number of benzene rings is 1. The Morgan fingerprint density at radius 1 is 1.11 bits per heavy atom. The molecule has 8 nitrogen and oxygen atoms in total. The average Bonchev–Trinajstić information content (AvgIpc) is 3.48. The van der Waals surface area contributed by atoms with E-state index in [2.05, 4.69) is 52.7 Å². The van der Waals surface area contributed by atoms with Gasteiger partial charge in [-0.3, -0.25) is 24.1 Å². The molecule has 5 rings (SSSR count). The Bertz CT molecular complexity index is 1400. The van der Waals surface area contributed by atoms with Crippen molar-refractivity contribution < 1.29 is 9.53 Å². The molecule has 37 heavy (non-hydrogen) atoms. The Balaban J connectivity index is 1.40. The first-order valence-electron chi connectivity index (χ1n) is 12.7. The molecule has 1 unspecified atom stereocenters. The fraction of sp³-hybridized carbons (Fsp3) is 0.393. The van der Waals surface area contributed by atoms with Crippen LogP contribution in [-0.2, 0) is 6.54 Å². The largest absolute Gasteiger partial charge is 0.484 e. The molecule has 1 fully saturated rings. The zero-order valence-corrected chi connectivity index (χ0v) is 22.7. The number of aryl methyl sites for hydroxylation is 1. The highest BCUT2D eigenvalue weighted by Gasteiger charge is 2.22. The van der Waals surface area contributed by atoms with Crippen molar-refractivity contribution in [3.05, 3.63) is 70.6 Å². The first-order chi connectivity index (χ1) is 17.8. The van der Waals surface area contributed by atoms with Crippen molar-refractivity contribution in [2.45, 2.75) is 46.4 Å². The summed E-state index contributed by atoms with van der Waals surface area (Å²) in [5.74, 6) is -0.0158. The molecule has 1 aliphatic heterocycles. The molecule has 0 aliphatic carbocycles. The molecule has 4 aromatic rings. The highest BCUT2D eigenvalue weighted by atomic mass is 32.1. The number of aromatic nitrogens is 3. The summed E-state index contributed by atoms with van der Waals surface area (Å²) in [5.41, 5.74) is 10.7. The number of carbonyl (C=O) groups is 1. The van der Waals surface area contributed by atoms with Crippen LogP contribution in [0.25, 0.3) is 16.0 Å². The molecule has 1 atom stereocenters. The van der Waals surface area contributed by atoms with E-state index in [-0.39, 0.29) is 6.10 Å². The molecule has 0 radical (unpaired) electrons. The van der Waals surface area contributed by atoms with Crippen LogP contribution in [0.4, 0.5) is 0 Å². The number of primary amides is 1. The lowest BCUT2D eigenvalue weighted by Crippen LogP contribution is -2.48. The fourth-order valence-corrected chi connectivity index (χ4v) is 5.85. The van der Waals surface area contributed by atoms with E-state index in [1.807, 2.05) is 42.0 Å². The summed E-state index contributed by atoms with van der Waals surface area (Å²) in [6.45, 7) is 13.5. The summed E-state index contributed by atoms with van der Waals surface area (Å²) < 4.78 is 8.25. The Labute approximate surface area is 221 Å². The van der Waals surface area contributed by atoms with E-state index in [1.165, 1.54) is 11.3 Å². The molecule has 194 valence electrons. The van der Waals surface area contributed by atoms with Gasteiger partial charge in [-0.05, 0) is 44.9 Å². The summed E-state index contributed by atoms with van der Waals surface area (Å²) in [6, 6.07) is 12.6. The monoisotopic (exact) mass is 518 g/mol. The van der Waals surface area contributed by atoms with Gasteiger partial charge in [-0.25, -0.2) is 4.98 Å². The van der Waals surface area contributed by atoms with Crippen molar-refractivity contribution in [3.8, 4) is 10.8 Å². The van der Waals surface area contributed by atoms with Gasteiger partial charge in [0.1, 0.15) is 33.6 Å². The molecule has 0 bridgehead atoms. The smallest absolute Gasteiger partial charge is 0.262 e. The van der Waals surface area contributed by atoms with E-state index in [9.17, 15) is 4.79 Å². The zero-order chi connectivity index (χ0) is 26.1. The van der Waals surface area contributed by atoms with Crippen LogP contribution in [0.2, 0.25) is 0 Å². The maximum Gasteiger partial charge on any atom is 0.262 e. The number of ether oxygens (including phenoxy) is 1. The quantitative estimate of drug-likeness (QED) is 0.368. The van der Waals surface area contributed by atoms with Crippen LogP contribution in [0.1, 0.15) is 53.4 Å². The lowest BCUT2D eigenvalue weighted by Gasteiger charge is -2.36. The number of fused-ring (bicyclic) bond motifs is 1. The summed E-state index contributed by atoms with van der Waals surface area (Å²) in [4.78, 5) is 26.9. The number of imidazole rings is 1. The van der Waals surface area contributed by atoms with Gasteiger partial charge in [-0.2, -0.15) is 0 Å². The van der Waals surface area contributed by atoms with E-state index < -0.39 is 5.91 Å². The van der Waals surface area contributed by atoms with Crippen molar-refractivity contribution >= 4 is 28.3 Å². The molecule has 3 aromatic heterocycles. The molecule has 0 saturated carbocycles. The minimum atomic E-state index is -0.504. The first kappa shape index (κ1) is 25.4.